The molecule has 0 saturated heterocycles. The molecule has 0 bridgehead atoms. The molecule has 16 valence electrons. The van der Waals surface area contributed by atoms with Crippen LogP contribution in [-0.2, 0) is 0 Å². The molecule has 0 aliphatic rings. The molecule has 0 spiro atoms. The smallest absolute Gasteiger partial charge is 1.00 e. The zero-order chi connectivity index (χ0) is 0. The summed E-state index contributed by atoms with van der Waals surface area (Å²) in [5, 5.41) is 0. The second-order valence-electron chi connectivity index (χ2n) is 0. The van der Waals surface area contributed by atoms with Crippen molar-refractivity contribution in [3.8, 4) is 0 Å². The number of hydrogen-bond donors (Lipinski definition) is 0. The van der Waals surface area contributed by atoms with Crippen LogP contribution in [0.15, 0.2) is 0 Å². The van der Waals surface area contributed by atoms with Gasteiger partial charge >= 0.3 is 78.4 Å². The summed E-state index contributed by atoms with van der Waals surface area (Å²) in [6.07, 6.45) is 0. The largest absolute Gasteiger partial charge is 2.00 e. The van der Waals surface area contributed by atoms with E-state index in [4.69, 9.17) is 0 Å². The molecule has 0 radical (unpaired) electrons. The molecule has 0 fully saturated rings. The zero-order valence-corrected chi connectivity index (χ0v) is 9.78. The van der Waals surface area contributed by atoms with Crippen LogP contribution in [0.5, 0.6) is 0 Å². The fourth-order valence-electron chi connectivity index (χ4n) is 0. The van der Waals surface area contributed by atoms with Crippen molar-refractivity contribution in [3.05, 3.63) is 0 Å². The molecule has 4 heteroatoms. The van der Waals surface area contributed by atoms with Crippen molar-refractivity contribution < 1.29 is 47.4 Å². The zero-order valence-electron chi connectivity index (χ0n) is 2.59. The van der Waals surface area contributed by atoms with E-state index in [1.807, 2.05) is 0 Å². The van der Waals surface area contributed by atoms with Crippen LogP contribution in [-0.4, -0.2) is 54.4 Å². The van der Waals surface area contributed by atoms with Gasteiger partial charge in [-0.1, -0.05) is 0 Å². The van der Waals surface area contributed by atoms with Gasteiger partial charge < -0.3 is 17.9 Å². The van der Waals surface area contributed by atoms with Crippen LogP contribution < -0.4 is 42.0 Å². The minimum absolute atomic E-state index is 0. The summed E-state index contributed by atoms with van der Waals surface area (Å²) in [6.45, 7) is 0. The van der Waals surface area contributed by atoms with Crippen LogP contribution in [0.1, 0.15) is 0 Å². The number of rotatable bonds is 0. The molecule has 4 heavy (non-hydrogen) atoms. The van der Waals surface area contributed by atoms with Gasteiger partial charge in [0.25, 0.3) is 0 Å². The van der Waals surface area contributed by atoms with Crippen LogP contribution >= 0.6 is 0 Å². The third-order valence-electron chi connectivity index (χ3n) is 0. The van der Waals surface area contributed by atoms with E-state index in [1.165, 1.54) is 0 Å². The summed E-state index contributed by atoms with van der Waals surface area (Å²) in [5.74, 6) is 0. The maximum Gasteiger partial charge on any atom is 2.00 e. The number of hydrogen-bond acceptors (Lipinski definition) is 0. The van der Waals surface area contributed by atoms with E-state index < -0.39 is 0 Å². The van der Waals surface area contributed by atoms with Gasteiger partial charge in [-0.05, 0) is 0 Å². The Balaban J connectivity index is 0. The second-order valence-corrected chi connectivity index (χ2v) is 0. The van der Waals surface area contributed by atoms with Crippen LogP contribution in [0.2, 0.25) is 0 Å². The van der Waals surface area contributed by atoms with Crippen molar-refractivity contribution in [2.24, 2.45) is 0 Å². The fourth-order valence-corrected chi connectivity index (χ4v) is 0. The fraction of sp³-hybridized carbons (Fsp3) is 0. The second kappa shape index (κ2) is 17.0. The summed E-state index contributed by atoms with van der Waals surface area (Å²) < 4.78 is 0. The monoisotopic (exact) mass is 214 g/mol. The molecule has 0 heterocycles. The molecule has 0 aromatic heterocycles. The van der Waals surface area contributed by atoms with Gasteiger partial charge in [-0.2, -0.15) is 0 Å². The van der Waals surface area contributed by atoms with E-state index >= 15 is 0 Å². The van der Waals surface area contributed by atoms with Gasteiger partial charge in [0.1, 0.15) is 0 Å². The Hall–Kier alpha value is 2.82. The maximum absolute atomic E-state index is 0. The third-order valence-corrected chi connectivity index (χ3v) is 0. The number of halogens is 1. The van der Waals surface area contributed by atoms with Gasteiger partial charge in [0.2, 0.25) is 0 Å². The summed E-state index contributed by atoms with van der Waals surface area (Å²) in [4.78, 5) is 0. The minimum Gasteiger partial charge on any atom is -1.00 e. The van der Waals surface area contributed by atoms with Gasteiger partial charge in [0.05, 0.1) is 0 Å². The third kappa shape index (κ3) is 8.84. The van der Waals surface area contributed by atoms with E-state index in [2.05, 4.69) is 0 Å². The van der Waals surface area contributed by atoms with E-state index in [0.717, 1.165) is 0 Å². The Bertz CT molecular complexity index is 8.00. The van der Waals surface area contributed by atoms with E-state index in [1.54, 1.807) is 0 Å². The van der Waals surface area contributed by atoms with Crippen LogP contribution in [0.3, 0.4) is 0 Å². The molecule has 0 aromatic carbocycles. The Morgan fingerprint density at radius 1 is 1.00 bits per heavy atom. The SMILES string of the molecule is O.[Ba+2].[Cl-].[Na+]. The van der Waals surface area contributed by atoms with Crippen LogP contribution in [0.4, 0.5) is 0 Å². The molecule has 0 saturated carbocycles. The molecule has 0 aliphatic carbocycles. The van der Waals surface area contributed by atoms with Crippen molar-refractivity contribution in [2.75, 3.05) is 0 Å². The Morgan fingerprint density at radius 2 is 1.00 bits per heavy atom. The molecule has 0 aromatic rings. The molecule has 1 nitrogen and oxygen atoms in total. The molecule has 0 amide bonds. The van der Waals surface area contributed by atoms with Crippen molar-refractivity contribution in [1.82, 2.24) is 0 Å². The first kappa shape index (κ1) is 29.0. The molecular weight excluding hydrogens is 212 g/mol. The maximum atomic E-state index is 0. The van der Waals surface area contributed by atoms with Crippen molar-refractivity contribution >= 4 is 48.9 Å². The first-order chi connectivity index (χ1) is 0. The summed E-state index contributed by atoms with van der Waals surface area (Å²) >= 11 is 0. The summed E-state index contributed by atoms with van der Waals surface area (Å²) in [6, 6.07) is 0. The van der Waals surface area contributed by atoms with Crippen molar-refractivity contribution in [2.45, 2.75) is 0 Å². The Morgan fingerprint density at radius 3 is 1.00 bits per heavy atom. The van der Waals surface area contributed by atoms with Gasteiger partial charge in [-0.3, -0.25) is 0 Å². The van der Waals surface area contributed by atoms with Crippen molar-refractivity contribution in [1.29, 1.82) is 0 Å². The Labute approximate surface area is 94.0 Å². The van der Waals surface area contributed by atoms with E-state index in [-0.39, 0.29) is 96.3 Å². The topological polar surface area (TPSA) is 31.5 Å². The predicted octanol–water partition coefficient (Wildman–Crippen LogP) is -7.20. The molecule has 0 atom stereocenters. The summed E-state index contributed by atoms with van der Waals surface area (Å²) in [7, 11) is 0. The molecule has 0 aliphatic heterocycles. The van der Waals surface area contributed by atoms with E-state index in [9.17, 15) is 0 Å². The molecule has 0 unspecified atom stereocenters. The predicted molar refractivity (Wildman–Crippen MR) is 9.37 cm³/mol. The normalized spacial score (nSPS) is 0. The first-order valence-corrected chi connectivity index (χ1v) is 0. The van der Waals surface area contributed by atoms with Gasteiger partial charge in [0.15, 0.2) is 0 Å². The van der Waals surface area contributed by atoms with Crippen LogP contribution in [0, 0.1) is 0 Å². The van der Waals surface area contributed by atoms with Gasteiger partial charge in [-0.25, -0.2) is 0 Å². The average Bonchev–Trinajstić information content (AvgIpc) is 0. The van der Waals surface area contributed by atoms with Gasteiger partial charge in [0, 0.05) is 0 Å². The average molecular weight is 214 g/mol. The minimum atomic E-state index is 0. The molecular formula is H2BaClNaO+2. The first-order valence-electron chi connectivity index (χ1n) is 0. The standard InChI is InChI=1S/Ba.ClH.Na.H2O/h;1H;;1H2/q+2;;+1;/p-1. The van der Waals surface area contributed by atoms with Gasteiger partial charge in [-0.15, -0.1) is 0 Å². The van der Waals surface area contributed by atoms with Crippen molar-refractivity contribution in [3.63, 3.8) is 0 Å². The quantitative estimate of drug-likeness (QED) is 0.359. The Kier molecular flexibility index (Phi) is 123. The van der Waals surface area contributed by atoms with Crippen LogP contribution in [0.25, 0.3) is 0 Å². The molecule has 2 N–H and O–H groups in total. The van der Waals surface area contributed by atoms with E-state index in [0.29, 0.717) is 0 Å². The summed E-state index contributed by atoms with van der Waals surface area (Å²) in [5.41, 5.74) is 0. The molecule has 0 rings (SSSR count).